The van der Waals surface area contributed by atoms with Crippen molar-refractivity contribution in [2.45, 2.75) is 25.8 Å². The van der Waals surface area contributed by atoms with Crippen LogP contribution in [-0.4, -0.2) is 62.2 Å². The molecule has 2 aliphatic rings. The third-order valence-electron chi connectivity index (χ3n) is 5.79. The van der Waals surface area contributed by atoms with Gasteiger partial charge in [-0.25, -0.2) is 0 Å². The molecule has 2 aliphatic heterocycles. The maximum atomic E-state index is 13.0. The van der Waals surface area contributed by atoms with Gasteiger partial charge in [0.1, 0.15) is 0 Å². The molecule has 182 valence electrons. The molecule has 1 amide bonds. The second-order valence-electron chi connectivity index (χ2n) is 7.87. The van der Waals surface area contributed by atoms with Gasteiger partial charge < -0.3 is 29.0 Å². The van der Waals surface area contributed by atoms with Crippen molar-refractivity contribution in [1.29, 1.82) is 0 Å². The summed E-state index contributed by atoms with van der Waals surface area (Å²) in [6.07, 6.45) is 1.74. The van der Waals surface area contributed by atoms with E-state index in [0.717, 1.165) is 29.0 Å². The smallest absolute Gasteiger partial charge is 0.241 e. The van der Waals surface area contributed by atoms with Crippen molar-refractivity contribution in [2.24, 2.45) is 0 Å². The van der Waals surface area contributed by atoms with E-state index in [1.165, 1.54) is 0 Å². The highest BCUT2D eigenvalue weighted by molar-refractivity contribution is 7.80. The molecular weight excluding hydrogens is 458 g/mol. The molecule has 0 aliphatic carbocycles. The monoisotopic (exact) mass is 487 g/mol. The fraction of sp³-hybridized carbons (Fsp3) is 0.417. The Kier molecular flexibility index (Phi) is 7.46. The predicted molar refractivity (Wildman–Crippen MR) is 129 cm³/mol. The Morgan fingerprint density at radius 2 is 1.68 bits per heavy atom. The first kappa shape index (κ1) is 23.7. The number of carbonyl (C=O) groups is 1. The van der Waals surface area contributed by atoms with E-state index < -0.39 is 0 Å². The van der Waals surface area contributed by atoms with Crippen molar-refractivity contribution in [3.63, 3.8) is 0 Å². The minimum Gasteiger partial charge on any atom is -0.493 e. The summed E-state index contributed by atoms with van der Waals surface area (Å²) in [5, 5.41) is 7.35. The number of hydrazine groups is 1. The van der Waals surface area contributed by atoms with E-state index in [1.807, 2.05) is 35.3 Å². The summed E-state index contributed by atoms with van der Waals surface area (Å²) in [6, 6.07) is 9.52. The van der Waals surface area contributed by atoms with E-state index in [2.05, 4.69) is 5.32 Å². The van der Waals surface area contributed by atoms with Crippen molar-refractivity contribution < 1.29 is 28.5 Å². The molecule has 0 aromatic heterocycles. The van der Waals surface area contributed by atoms with E-state index in [4.69, 9.17) is 35.9 Å². The van der Waals surface area contributed by atoms with E-state index in [0.29, 0.717) is 54.8 Å². The minimum atomic E-state index is 0.0125. The molecule has 1 saturated heterocycles. The zero-order valence-electron chi connectivity index (χ0n) is 19.6. The van der Waals surface area contributed by atoms with Gasteiger partial charge in [-0.2, -0.15) is 0 Å². The third-order valence-corrected chi connectivity index (χ3v) is 6.14. The second-order valence-corrected chi connectivity index (χ2v) is 8.26. The Morgan fingerprint density at radius 3 is 2.38 bits per heavy atom. The zero-order chi connectivity index (χ0) is 24.1. The van der Waals surface area contributed by atoms with Gasteiger partial charge in [0.05, 0.1) is 21.3 Å². The Labute approximate surface area is 204 Å². The largest absolute Gasteiger partial charge is 0.493 e. The number of methoxy groups -OCH3 is 3. The van der Waals surface area contributed by atoms with Crippen LogP contribution in [0.3, 0.4) is 0 Å². The van der Waals surface area contributed by atoms with Crippen LogP contribution in [0.4, 0.5) is 0 Å². The number of nitrogens with zero attached hydrogens (tertiary/aromatic N) is 2. The molecular formula is C24H29N3O6S. The van der Waals surface area contributed by atoms with Gasteiger partial charge in [0.2, 0.25) is 18.4 Å². The normalized spacial score (nSPS) is 14.2. The van der Waals surface area contributed by atoms with Gasteiger partial charge in [0, 0.05) is 26.1 Å². The van der Waals surface area contributed by atoms with E-state index >= 15 is 0 Å². The van der Waals surface area contributed by atoms with Crippen molar-refractivity contribution in [1.82, 2.24) is 15.3 Å². The topological polar surface area (TPSA) is 81.7 Å². The van der Waals surface area contributed by atoms with Crippen LogP contribution in [0, 0.1) is 0 Å². The quantitative estimate of drug-likeness (QED) is 0.565. The Bertz CT molecular complexity index is 1040. The summed E-state index contributed by atoms with van der Waals surface area (Å²) in [7, 11) is 4.71. The molecule has 0 unspecified atom stereocenters. The molecule has 0 atom stereocenters. The molecule has 0 spiro atoms. The summed E-state index contributed by atoms with van der Waals surface area (Å²) in [5.41, 5.74) is 1.95. The molecule has 9 nitrogen and oxygen atoms in total. The van der Waals surface area contributed by atoms with Gasteiger partial charge in [-0.1, -0.05) is 6.07 Å². The van der Waals surface area contributed by atoms with Crippen LogP contribution in [0.25, 0.3) is 0 Å². The average molecular weight is 488 g/mol. The predicted octanol–water partition coefficient (Wildman–Crippen LogP) is 2.90. The van der Waals surface area contributed by atoms with Crippen LogP contribution in [0.15, 0.2) is 30.3 Å². The number of fused-ring (bicyclic) bond motifs is 1. The highest BCUT2D eigenvalue weighted by Gasteiger charge is 2.28. The molecule has 1 N–H and O–H groups in total. The van der Waals surface area contributed by atoms with E-state index in [9.17, 15) is 4.79 Å². The van der Waals surface area contributed by atoms with E-state index in [-0.39, 0.29) is 12.7 Å². The van der Waals surface area contributed by atoms with Crippen molar-refractivity contribution in [3.05, 3.63) is 41.5 Å². The molecule has 2 aromatic rings. The molecule has 4 rings (SSSR count). The first-order valence-electron chi connectivity index (χ1n) is 11.1. The molecule has 34 heavy (non-hydrogen) atoms. The number of thiocarbonyl (C=S) groups is 1. The van der Waals surface area contributed by atoms with E-state index in [1.54, 1.807) is 26.3 Å². The third kappa shape index (κ3) is 5.06. The highest BCUT2D eigenvalue weighted by Crippen LogP contribution is 2.38. The van der Waals surface area contributed by atoms with Crippen LogP contribution in [0.1, 0.15) is 24.0 Å². The van der Waals surface area contributed by atoms with Crippen molar-refractivity contribution in [2.75, 3.05) is 41.2 Å². The van der Waals surface area contributed by atoms with Crippen LogP contribution in [-0.2, 0) is 17.8 Å². The summed E-state index contributed by atoms with van der Waals surface area (Å²) < 4.78 is 27.0. The number of aryl methyl sites for hydroxylation is 1. The van der Waals surface area contributed by atoms with Gasteiger partial charge in [-0.15, -0.1) is 0 Å². The highest BCUT2D eigenvalue weighted by atomic mass is 32.1. The zero-order valence-corrected chi connectivity index (χ0v) is 20.4. The summed E-state index contributed by atoms with van der Waals surface area (Å²) in [6.45, 7) is 2.10. The Morgan fingerprint density at radius 1 is 0.971 bits per heavy atom. The maximum Gasteiger partial charge on any atom is 0.241 e. The minimum absolute atomic E-state index is 0.0125. The number of hydrogen-bond donors (Lipinski definition) is 1. The first-order valence-corrected chi connectivity index (χ1v) is 11.5. The number of ether oxygens (including phenoxy) is 5. The average Bonchev–Trinajstić information content (AvgIpc) is 3.54. The van der Waals surface area contributed by atoms with Gasteiger partial charge in [0.25, 0.3) is 0 Å². The van der Waals surface area contributed by atoms with Crippen LogP contribution >= 0.6 is 12.2 Å². The molecule has 0 saturated carbocycles. The SMILES string of the molecule is COc1cc(CCC(=O)N2CCCN2C(=S)NCc2ccc3c(c2)OCO3)cc(OC)c1OC. The molecule has 1 fully saturated rings. The number of hydrogen-bond acceptors (Lipinski definition) is 7. The summed E-state index contributed by atoms with van der Waals surface area (Å²) in [5.74, 6) is 3.16. The van der Waals surface area contributed by atoms with Gasteiger partial charge in [-0.3, -0.25) is 14.8 Å². The number of rotatable bonds is 8. The number of carbonyl (C=O) groups excluding carboxylic acids is 1. The lowest BCUT2D eigenvalue weighted by Crippen LogP contribution is -2.48. The molecule has 2 aromatic carbocycles. The molecule has 0 bridgehead atoms. The fourth-order valence-corrected chi connectivity index (χ4v) is 4.32. The van der Waals surface area contributed by atoms with Crippen molar-refractivity contribution >= 4 is 23.2 Å². The van der Waals surface area contributed by atoms with Crippen LogP contribution in [0.2, 0.25) is 0 Å². The van der Waals surface area contributed by atoms with Gasteiger partial charge in [-0.05, 0) is 60.5 Å². The summed E-state index contributed by atoms with van der Waals surface area (Å²) in [4.78, 5) is 13.0. The lowest BCUT2D eigenvalue weighted by Gasteiger charge is -2.30. The van der Waals surface area contributed by atoms with Gasteiger partial charge in [0.15, 0.2) is 28.1 Å². The number of nitrogens with one attached hydrogen (secondary N) is 1. The van der Waals surface area contributed by atoms with Gasteiger partial charge >= 0.3 is 0 Å². The van der Waals surface area contributed by atoms with Crippen LogP contribution in [0.5, 0.6) is 28.7 Å². The summed E-state index contributed by atoms with van der Waals surface area (Å²) >= 11 is 5.60. The lowest BCUT2D eigenvalue weighted by atomic mass is 10.1. The first-order chi connectivity index (χ1) is 16.5. The lowest BCUT2D eigenvalue weighted by molar-refractivity contribution is -0.138. The fourth-order valence-electron chi connectivity index (χ4n) is 4.06. The van der Waals surface area contributed by atoms with Crippen LogP contribution < -0.4 is 29.0 Å². The molecule has 2 heterocycles. The Balaban J connectivity index is 1.34. The number of amides is 1. The maximum absolute atomic E-state index is 13.0. The van der Waals surface area contributed by atoms with Crippen molar-refractivity contribution in [3.8, 4) is 28.7 Å². The molecule has 0 radical (unpaired) electrons. The second kappa shape index (κ2) is 10.7. The Hall–Kier alpha value is -3.40. The standard InChI is InChI=1S/C24H29N3O6S/c1-29-20-11-16(12-21(30-2)23(20)31-3)6-8-22(28)26-9-4-10-27(26)24(34)25-14-17-5-7-18-19(13-17)33-15-32-18/h5,7,11-13H,4,6,8-10,14-15H2,1-3H3,(H,25,34). The molecule has 10 heteroatoms. The number of benzene rings is 2.